The molecule has 2 heteroatoms. The fraction of sp³-hybridized carbons (Fsp3) is 0.600. The Hall–Kier alpha value is -0.530. The monoisotopic (exact) mass is 251 g/mol. The van der Waals surface area contributed by atoms with Crippen LogP contribution in [0.1, 0.15) is 50.2 Å². The lowest BCUT2D eigenvalue weighted by atomic mass is 9.94. The van der Waals surface area contributed by atoms with E-state index >= 15 is 0 Å². The van der Waals surface area contributed by atoms with E-state index in [0.29, 0.717) is 12.0 Å². The molecule has 0 saturated carbocycles. The zero-order chi connectivity index (χ0) is 12.3. The first kappa shape index (κ1) is 12.9. The fourth-order valence-electron chi connectivity index (χ4n) is 2.51. The first-order valence-corrected chi connectivity index (χ1v) is 7.05. The summed E-state index contributed by atoms with van der Waals surface area (Å²) in [7, 11) is 0. The summed E-state index contributed by atoms with van der Waals surface area (Å²) in [4.78, 5) is 0. The lowest BCUT2D eigenvalue weighted by molar-refractivity contribution is 0.399. The highest BCUT2D eigenvalue weighted by Gasteiger charge is 2.14. The third-order valence-corrected chi connectivity index (χ3v) is 3.76. The van der Waals surface area contributed by atoms with Gasteiger partial charge in [0.05, 0.1) is 0 Å². The topological polar surface area (TPSA) is 12.0 Å². The second kappa shape index (κ2) is 5.88. The molecule has 94 valence electrons. The van der Waals surface area contributed by atoms with Crippen molar-refractivity contribution in [3.05, 3.63) is 34.3 Å². The minimum absolute atomic E-state index is 0.548. The summed E-state index contributed by atoms with van der Waals surface area (Å²) in [6, 6.07) is 7.16. The molecule has 17 heavy (non-hydrogen) atoms. The number of piperidine rings is 1. The van der Waals surface area contributed by atoms with Crippen molar-refractivity contribution in [3.63, 3.8) is 0 Å². The van der Waals surface area contributed by atoms with Crippen LogP contribution >= 0.6 is 11.6 Å². The summed E-state index contributed by atoms with van der Waals surface area (Å²) in [5, 5.41) is 4.47. The van der Waals surface area contributed by atoms with E-state index in [2.05, 4.69) is 37.4 Å². The van der Waals surface area contributed by atoms with Crippen LogP contribution in [0.5, 0.6) is 0 Å². The number of benzene rings is 1. The van der Waals surface area contributed by atoms with Gasteiger partial charge in [0.25, 0.3) is 0 Å². The van der Waals surface area contributed by atoms with Crippen LogP contribution in [-0.2, 0) is 6.42 Å². The van der Waals surface area contributed by atoms with Crippen LogP contribution < -0.4 is 5.32 Å². The second-order valence-corrected chi connectivity index (χ2v) is 5.83. The van der Waals surface area contributed by atoms with Crippen LogP contribution in [0.25, 0.3) is 0 Å². The van der Waals surface area contributed by atoms with Crippen LogP contribution in [0.2, 0.25) is 5.02 Å². The summed E-state index contributed by atoms with van der Waals surface area (Å²) in [6.07, 6.45) is 5.09. The Labute approximate surface area is 110 Å². The standard InChI is InChI=1S/C15H22ClN/c1-11(2)13-7-12(8-14(16)10-13)9-15-5-3-4-6-17-15/h7-8,10-11,15,17H,3-6,9H2,1-2H3. The Morgan fingerprint density at radius 3 is 2.76 bits per heavy atom. The summed E-state index contributed by atoms with van der Waals surface area (Å²) in [5.74, 6) is 0.548. The molecule has 2 rings (SSSR count). The maximum Gasteiger partial charge on any atom is 0.0411 e. The zero-order valence-corrected chi connectivity index (χ0v) is 11.6. The molecule has 1 heterocycles. The molecule has 0 spiro atoms. The third-order valence-electron chi connectivity index (χ3n) is 3.54. The molecule has 0 aliphatic carbocycles. The van der Waals surface area contributed by atoms with E-state index in [-0.39, 0.29) is 0 Å². The molecule has 1 nitrogen and oxygen atoms in total. The van der Waals surface area contributed by atoms with E-state index in [9.17, 15) is 0 Å². The van der Waals surface area contributed by atoms with Gasteiger partial charge in [-0.25, -0.2) is 0 Å². The molecule has 1 aromatic carbocycles. The van der Waals surface area contributed by atoms with Crippen molar-refractivity contribution >= 4 is 11.6 Å². The van der Waals surface area contributed by atoms with E-state index in [4.69, 9.17) is 11.6 Å². The van der Waals surface area contributed by atoms with Crippen molar-refractivity contribution in [2.75, 3.05) is 6.54 Å². The van der Waals surface area contributed by atoms with Crippen molar-refractivity contribution in [1.82, 2.24) is 5.32 Å². The third kappa shape index (κ3) is 3.72. The number of hydrogen-bond acceptors (Lipinski definition) is 1. The zero-order valence-electron chi connectivity index (χ0n) is 10.8. The summed E-state index contributed by atoms with van der Waals surface area (Å²) < 4.78 is 0. The Morgan fingerprint density at radius 1 is 1.29 bits per heavy atom. The summed E-state index contributed by atoms with van der Waals surface area (Å²) >= 11 is 6.19. The molecule has 1 aromatic rings. The predicted octanol–water partition coefficient (Wildman–Crippen LogP) is 4.15. The largest absolute Gasteiger partial charge is 0.314 e. The minimum atomic E-state index is 0.548. The normalized spacial score (nSPS) is 20.8. The number of hydrogen-bond donors (Lipinski definition) is 1. The average Bonchev–Trinajstić information content (AvgIpc) is 2.29. The van der Waals surface area contributed by atoms with Crippen molar-refractivity contribution in [1.29, 1.82) is 0 Å². The highest BCUT2D eigenvalue weighted by molar-refractivity contribution is 6.30. The van der Waals surface area contributed by atoms with Gasteiger partial charge in [-0.2, -0.15) is 0 Å². The van der Waals surface area contributed by atoms with Gasteiger partial charge in [0, 0.05) is 11.1 Å². The van der Waals surface area contributed by atoms with Crippen molar-refractivity contribution in [3.8, 4) is 0 Å². The van der Waals surface area contributed by atoms with E-state index in [1.807, 2.05) is 0 Å². The number of halogens is 1. The van der Waals surface area contributed by atoms with Gasteiger partial charge in [-0.05, 0) is 55.0 Å². The van der Waals surface area contributed by atoms with Crippen molar-refractivity contribution < 1.29 is 0 Å². The average molecular weight is 252 g/mol. The molecule has 0 radical (unpaired) electrons. The van der Waals surface area contributed by atoms with Gasteiger partial charge < -0.3 is 5.32 Å². The van der Waals surface area contributed by atoms with Gasteiger partial charge in [0.1, 0.15) is 0 Å². The molecule has 1 aliphatic rings. The highest BCUT2D eigenvalue weighted by Crippen LogP contribution is 2.23. The SMILES string of the molecule is CC(C)c1cc(Cl)cc(CC2CCCCN2)c1. The Balaban J connectivity index is 2.09. The van der Waals surface area contributed by atoms with E-state index in [1.54, 1.807) is 0 Å². The van der Waals surface area contributed by atoms with Gasteiger partial charge in [0.2, 0.25) is 0 Å². The lowest BCUT2D eigenvalue weighted by Gasteiger charge is -2.24. The smallest absolute Gasteiger partial charge is 0.0411 e. The van der Waals surface area contributed by atoms with E-state index < -0.39 is 0 Å². The molecule has 1 atom stereocenters. The highest BCUT2D eigenvalue weighted by atomic mass is 35.5. The van der Waals surface area contributed by atoms with Gasteiger partial charge >= 0.3 is 0 Å². The van der Waals surface area contributed by atoms with Crippen LogP contribution in [0.4, 0.5) is 0 Å². The van der Waals surface area contributed by atoms with Crippen LogP contribution in [0, 0.1) is 0 Å². The van der Waals surface area contributed by atoms with Gasteiger partial charge in [0.15, 0.2) is 0 Å². The predicted molar refractivity (Wildman–Crippen MR) is 74.9 cm³/mol. The van der Waals surface area contributed by atoms with E-state index in [1.165, 1.54) is 36.9 Å². The number of nitrogens with one attached hydrogen (secondary N) is 1. The van der Waals surface area contributed by atoms with Crippen molar-refractivity contribution in [2.45, 2.75) is 51.5 Å². The Morgan fingerprint density at radius 2 is 2.12 bits per heavy atom. The molecule has 1 aliphatic heterocycles. The lowest BCUT2D eigenvalue weighted by Crippen LogP contribution is -2.35. The first-order chi connectivity index (χ1) is 8.15. The number of rotatable bonds is 3. The van der Waals surface area contributed by atoms with E-state index in [0.717, 1.165) is 11.4 Å². The molecule has 1 fully saturated rings. The van der Waals surface area contributed by atoms with Crippen LogP contribution in [0.3, 0.4) is 0 Å². The quantitative estimate of drug-likeness (QED) is 0.851. The fourth-order valence-corrected chi connectivity index (χ4v) is 2.78. The molecule has 1 N–H and O–H groups in total. The van der Waals surface area contributed by atoms with Crippen molar-refractivity contribution in [2.24, 2.45) is 0 Å². The first-order valence-electron chi connectivity index (χ1n) is 6.68. The van der Waals surface area contributed by atoms with Gasteiger partial charge in [-0.1, -0.05) is 37.9 Å². The maximum atomic E-state index is 6.19. The molecular formula is C15H22ClN. The molecule has 0 amide bonds. The molecule has 0 bridgehead atoms. The maximum absolute atomic E-state index is 6.19. The Kier molecular flexibility index (Phi) is 4.47. The minimum Gasteiger partial charge on any atom is -0.314 e. The summed E-state index contributed by atoms with van der Waals surface area (Å²) in [6.45, 7) is 5.60. The van der Waals surface area contributed by atoms with Crippen LogP contribution in [0.15, 0.2) is 18.2 Å². The Bertz CT molecular complexity index is 367. The molecule has 0 aromatic heterocycles. The van der Waals surface area contributed by atoms with Gasteiger partial charge in [-0.3, -0.25) is 0 Å². The van der Waals surface area contributed by atoms with Crippen LogP contribution in [-0.4, -0.2) is 12.6 Å². The van der Waals surface area contributed by atoms with Gasteiger partial charge in [-0.15, -0.1) is 0 Å². The molecule has 1 unspecified atom stereocenters. The summed E-state index contributed by atoms with van der Waals surface area (Å²) in [5.41, 5.74) is 2.73. The molecular weight excluding hydrogens is 230 g/mol. The second-order valence-electron chi connectivity index (χ2n) is 5.40. The molecule has 1 saturated heterocycles.